The number of anilines is 1. The van der Waals surface area contributed by atoms with Crippen LogP contribution in [0.15, 0.2) is 60.9 Å². The van der Waals surface area contributed by atoms with E-state index in [1.54, 1.807) is 24.5 Å². The number of aromatic nitrogens is 1. The number of rotatable bonds is 4. The molecule has 1 N–H and O–H groups in total. The van der Waals surface area contributed by atoms with E-state index in [0.717, 1.165) is 33.7 Å². The molecule has 3 heterocycles. The predicted molar refractivity (Wildman–Crippen MR) is 130 cm³/mol. The van der Waals surface area contributed by atoms with Gasteiger partial charge in [0.2, 0.25) is 0 Å². The molecule has 0 aliphatic carbocycles. The molecule has 0 bridgehead atoms. The second kappa shape index (κ2) is 8.15. The van der Waals surface area contributed by atoms with Crippen molar-refractivity contribution in [3.05, 3.63) is 77.6 Å². The lowest BCUT2D eigenvalue weighted by Gasteiger charge is -2.32. The van der Waals surface area contributed by atoms with Gasteiger partial charge in [-0.1, -0.05) is 24.3 Å². The van der Waals surface area contributed by atoms with Gasteiger partial charge in [0, 0.05) is 18.1 Å². The predicted octanol–water partition coefficient (Wildman–Crippen LogP) is 4.76. The monoisotopic (exact) mass is 458 g/mol. The van der Waals surface area contributed by atoms with Crippen molar-refractivity contribution in [1.82, 2.24) is 4.98 Å². The lowest BCUT2D eigenvalue weighted by atomic mass is 9.76. The summed E-state index contributed by atoms with van der Waals surface area (Å²) in [6, 6.07) is 15.3. The summed E-state index contributed by atoms with van der Waals surface area (Å²) in [7, 11) is -0.510. The van der Waals surface area contributed by atoms with Gasteiger partial charge in [0.15, 0.2) is 0 Å². The summed E-state index contributed by atoms with van der Waals surface area (Å²) in [6.07, 6.45) is 2.81. The summed E-state index contributed by atoms with van der Waals surface area (Å²) in [5.74, 6) is 1.52. The van der Waals surface area contributed by atoms with E-state index in [1.807, 2.05) is 64.1 Å². The molecule has 1 saturated heterocycles. The highest BCUT2D eigenvalue weighted by atomic mass is 16.7. The maximum atomic E-state index is 11.9. The second-order valence-corrected chi connectivity index (χ2v) is 9.72. The van der Waals surface area contributed by atoms with Crippen molar-refractivity contribution in [3.63, 3.8) is 0 Å². The zero-order chi connectivity index (χ0) is 24.1. The zero-order valence-corrected chi connectivity index (χ0v) is 19.7. The van der Waals surface area contributed by atoms with Crippen LogP contribution >= 0.6 is 0 Å². The van der Waals surface area contributed by atoms with Gasteiger partial charge < -0.3 is 19.2 Å². The molecule has 0 unspecified atom stereocenters. The number of hydrogen-bond donors (Lipinski definition) is 1. The molecular formula is C26H27BN2O5. The SMILES string of the molecule is CC1(C)OB(c2cccc3c2Oc2ccc(CN(C(=O)O)c4cccnc4)cc2C3)OC1(C)C. The third-order valence-electron chi connectivity index (χ3n) is 6.88. The zero-order valence-electron chi connectivity index (χ0n) is 19.7. The number of hydrogen-bond acceptors (Lipinski definition) is 5. The van der Waals surface area contributed by atoms with E-state index in [1.165, 1.54) is 4.90 Å². The molecule has 2 aliphatic heterocycles. The van der Waals surface area contributed by atoms with Crippen molar-refractivity contribution in [3.8, 4) is 11.5 Å². The fourth-order valence-electron chi connectivity index (χ4n) is 4.27. The second-order valence-electron chi connectivity index (χ2n) is 9.72. The van der Waals surface area contributed by atoms with Crippen molar-refractivity contribution < 1.29 is 23.9 Å². The molecule has 2 aromatic carbocycles. The fraction of sp³-hybridized carbons (Fsp3) is 0.308. The quantitative estimate of drug-likeness (QED) is 0.444. The molecule has 7 nitrogen and oxygen atoms in total. The van der Waals surface area contributed by atoms with Crippen LogP contribution < -0.4 is 15.1 Å². The normalized spacial score (nSPS) is 17.5. The summed E-state index contributed by atoms with van der Waals surface area (Å²) in [5, 5.41) is 9.71. The highest BCUT2D eigenvalue weighted by Crippen LogP contribution is 2.40. The molecule has 0 radical (unpaired) electrons. The number of fused-ring (bicyclic) bond motifs is 2. The van der Waals surface area contributed by atoms with Gasteiger partial charge in [-0.25, -0.2) is 4.79 Å². The van der Waals surface area contributed by atoms with E-state index in [4.69, 9.17) is 14.0 Å². The first-order valence-electron chi connectivity index (χ1n) is 11.3. The molecule has 0 atom stereocenters. The van der Waals surface area contributed by atoms with Crippen LogP contribution in [0.3, 0.4) is 0 Å². The molecule has 0 saturated carbocycles. The van der Waals surface area contributed by atoms with Crippen molar-refractivity contribution in [2.45, 2.75) is 51.9 Å². The lowest BCUT2D eigenvalue weighted by molar-refractivity contribution is 0.00578. The van der Waals surface area contributed by atoms with E-state index in [0.29, 0.717) is 12.1 Å². The Labute approximate surface area is 199 Å². The van der Waals surface area contributed by atoms with E-state index < -0.39 is 24.4 Å². The third-order valence-corrected chi connectivity index (χ3v) is 6.88. The van der Waals surface area contributed by atoms with Gasteiger partial charge in [0.05, 0.1) is 29.6 Å². The number of carbonyl (C=O) groups is 1. The number of benzene rings is 2. The average molecular weight is 458 g/mol. The van der Waals surface area contributed by atoms with Gasteiger partial charge in [-0.2, -0.15) is 0 Å². The van der Waals surface area contributed by atoms with Crippen molar-refractivity contribution >= 4 is 24.4 Å². The Morgan fingerprint density at radius 1 is 1.06 bits per heavy atom. The van der Waals surface area contributed by atoms with Gasteiger partial charge >= 0.3 is 13.2 Å². The van der Waals surface area contributed by atoms with Crippen molar-refractivity contribution in [2.24, 2.45) is 0 Å². The molecule has 34 heavy (non-hydrogen) atoms. The van der Waals surface area contributed by atoms with E-state index >= 15 is 0 Å². The van der Waals surface area contributed by atoms with Crippen molar-refractivity contribution in [1.29, 1.82) is 0 Å². The van der Waals surface area contributed by atoms with Gasteiger partial charge in [0.1, 0.15) is 11.5 Å². The highest BCUT2D eigenvalue weighted by molar-refractivity contribution is 6.63. The minimum absolute atomic E-state index is 0.217. The summed E-state index contributed by atoms with van der Waals surface area (Å²) < 4.78 is 18.9. The lowest BCUT2D eigenvalue weighted by Crippen LogP contribution is -2.41. The molecule has 1 fully saturated rings. The smallest absolute Gasteiger partial charge is 0.465 e. The van der Waals surface area contributed by atoms with Crippen LogP contribution in [0, 0.1) is 0 Å². The van der Waals surface area contributed by atoms with E-state index in [9.17, 15) is 9.90 Å². The largest absolute Gasteiger partial charge is 0.498 e. The topological polar surface area (TPSA) is 81.1 Å². The van der Waals surface area contributed by atoms with Gasteiger partial charge in [-0.05, 0) is 68.7 Å². The Morgan fingerprint density at radius 3 is 2.50 bits per heavy atom. The molecular weight excluding hydrogens is 431 g/mol. The number of pyridine rings is 1. The first-order chi connectivity index (χ1) is 16.1. The molecule has 174 valence electrons. The van der Waals surface area contributed by atoms with E-state index in [2.05, 4.69) is 4.98 Å². The number of para-hydroxylation sites is 1. The maximum absolute atomic E-state index is 11.9. The first kappa shape index (κ1) is 22.4. The number of nitrogens with zero attached hydrogens (tertiary/aromatic N) is 2. The third kappa shape index (κ3) is 3.93. The summed E-state index contributed by atoms with van der Waals surface area (Å²) in [5.41, 5.74) is 3.45. The Balaban J connectivity index is 1.41. The summed E-state index contributed by atoms with van der Waals surface area (Å²) >= 11 is 0. The minimum Gasteiger partial charge on any atom is -0.465 e. The van der Waals surface area contributed by atoms with Gasteiger partial charge in [0.25, 0.3) is 0 Å². The Morgan fingerprint density at radius 2 is 1.82 bits per heavy atom. The molecule has 2 aliphatic rings. The van der Waals surface area contributed by atoms with Crippen LogP contribution in [-0.2, 0) is 22.3 Å². The number of carboxylic acid groups (broad SMARTS) is 1. The Bertz CT molecular complexity index is 1230. The van der Waals surface area contributed by atoms with Crippen LogP contribution in [0.4, 0.5) is 10.5 Å². The van der Waals surface area contributed by atoms with Crippen molar-refractivity contribution in [2.75, 3.05) is 4.90 Å². The van der Waals surface area contributed by atoms with Gasteiger partial charge in [-0.15, -0.1) is 0 Å². The van der Waals surface area contributed by atoms with Crippen LogP contribution in [0.25, 0.3) is 0 Å². The van der Waals surface area contributed by atoms with Crippen LogP contribution in [0.2, 0.25) is 0 Å². The molecule has 1 amide bonds. The number of amides is 1. The maximum Gasteiger partial charge on any atom is 0.498 e. The van der Waals surface area contributed by atoms with E-state index in [-0.39, 0.29) is 6.54 Å². The first-order valence-corrected chi connectivity index (χ1v) is 11.3. The average Bonchev–Trinajstić information content (AvgIpc) is 3.02. The Hall–Kier alpha value is -3.36. The van der Waals surface area contributed by atoms with Crippen LogP contribution in [0.5, 0.6) is 11.5 Å². The summed E-state index contributed by atoms with van der Waals surface area (Å²) in [4.78, 5) is 17.2. The Kier molecular flexibility index (Phi) is 5.38. The van der Waals surface area contributed by atoms with Crippen LogP contribution in [-0.4, -0.2) is 34.5 Å². The van der Waals surface area contributed by atoms with Crippen LogP contribution in [0.1, 0.15) is 44.4 Å². The summed E-state index contributed by atoms with van der Waals surface area (Å²) in [6.45, 7) is 8.35. The highest BCUT2D eigenvalue weighted by Gasteiger charge is 2.52. The minimum atomic E-state index is -1.03. The molecule has 5 rings (SSSR count). The molecule has 8 heteroatoms. The molecule has 3 aromatic rings. The molecule has 0 spiro atoms. The number of ether oxygens (including phenoxy) is 1. The van der Waals surface area contributed by atoms with Gasteiger partial charge in [-0.3, -0.25) is 9.88 Å². The fourth-order valence-corrected chi connectivity index (χ4v) is 4.27. The standard InChI is InChI=1S/C26H27BN2O5/c1-25(2)26(3,4)34-27(33-25)21-9-5-7-18-14-19-13-17(10-11-22(19)32-23(18)21)16-29(24(30)31)20-8-6-12-28-15-20/h5-13,15H,14,16H2,1-4H3,(H,30,31). The molecule has 1 aromatic heterocycles.